The first-order valence-corrected chi connectivity index (χ1v) is 8.78. The van der Waals surface area contributed by atoms with Gasteiger partial charge in [-0.1, -0.05) is 0 Å². The predicted octanol–water partition coefficient (Wildman–Crippen LogP) is 1.81. The maximum atomic E-state index is 12.8. The molecule has 2 aliphatic rings. The maximum Gasteiger partial charge on any atom is 0.328 e. The smallest absolute Gasteiger partial charge is 0.328 e. The van der Waals surface area contributed by atoms with Gasteiger partial charge < -0.3 is 19.1 Å². The molecule has 1 amide bonds. The number of hydrogen-bond acceptors (Lipinski definition) is 6. The minimum atomic E-state index is -0.510. The van der Waals surface area contributed by atoms with Crippen molar-refractivity contribution in [3.8, 4) is 5.88 Å². The summed E-state index contributed by atoms with van der Waals surface area (Å²) in [4.78, 5) is 30.5. The average Bonchev–Trinajstić information content (AvgIpc) is 2.68. The molecule has 0 saturated carbocycles. The molecule has 0 radical (unpaired) electrons. The largest absolute Gasteiger partial charge is 0.474 e. The highest BCUT2D eigenvalue weighted by molar-refractivity contribution is 5.96. The third-order valence-electron chi connectivity index (χ3n) is 4.68. The zero-order valence-corrected chi connectivity index (χ0v) is 14.5. The monoisotopic (exact) mass is 348 g/mol. The van der Waals surface area contributed by atoms with Crippen LogP contribution in [-0.2, 0) is 14.3 Å². The number of piperidine rings is 1. The molecule has 0 N–H and O–H groups in total. The first-order chi connectivity index (χ1) is 12.2. The molecule has 0 aromatic carbocycles. The van der Waals surface area contributed by atoms with E-state index in [0.29, 0.717) is 37.6 Å². The summed E-state index contributed by atoms with van der Waals surface area (Å²) in [6.07, 6.45) is 5.75. The van der Waals surface area contributed by atoms with E-state index in [2.05, 4.69) is 4.98 Å². The third kappa shape index (κ3) is 4.28. The summed E-state index contributed by atoms with van der Waals surface area (Å²) in [6.45, 7) is 1.95. The van der Waals surface area contributed by atoms with Crippen LogP contribution in [0.5, 0.6) is 5.88 Å². The molecular formula is C18H24N2O5. The molecule has 25 heavy (non-hydrogen) atoms. The van der Waals surface area contributed by atoms with Gasteiger partial charge in [0.1, 0.15) is 12.1 Å². The third-order valence-corrected chi connectivity index (χ3v) is 4.68. The molecule has 2 fully saturated rings. The Morgan fingerprint density at radius 3 is 2.68 bits per heavy atom. The Labute approximate surface area is 147 Å². The van der Waals surface area contributed by atoms with Gasteiger partial charge in [-0.05, 0) is 25.3 Å². The molecule has 2 saturated heterocycles. The molecule has 7 heteroatoms. The standard InChI is InChI=1S/C18H24N2O5/c1-23-18(22)15-4-2-3-9-20(15)17(21)13-5-6-16(19-12-13)25-14-7-10-24-11-8-14/h5-6,12,14-15H,2-4,7-11H2,1H3/t15-/m1/s1. The summed E-state index contributed by atoms with van der Waals surface area (Å²) < 4.78 is 16.0. The number of aromatic nitrogens is 1. The van der Waals surface area contributed by atoms with Crippen LogP contribution in [0.1, 0.15) is 42.5 Å². The highest BCUT2D eigenvalue weighted by Crippen LogP contribution is 2.22. The van der Waals surface area contributed by atoms with Crippen molar-refractivity contribution in [2.45, 2.75) is 44.2 Å². The van der Waals surface area contributed by atoms with E-state index >= 15 is 0 Å². The van der Waals surface area contributed by atoms with Gasteiger partial charge in [-0.15, -0.1) is 0 Å². The Hall–Kier alpha value is -2.15. The topological polar surface area (TPSA) is 78.0 Å². The average molecular weight is 348 g/mol. The molecule has 0 aliphatic carbocycles. The number of methoxy groups -OCH3 is 1. The van der Waals surface area contributed by atoms with Crippen LogP contribution in [0.3, 0.4) is 0 Å². The van der Waals surface area contributed by atoms with E-state index in [4.69, 9.17) is 14.2 Å². The Kier molecular flexibility index (Phi) is 5.86. The van der Waals surface area contributed by atoms with Crippen molar-refractivity contribution in [2.75, 3.05) is 26.9 Å². The Balaban J connectivity index is 1.65. The number of esters is 1. The number of carbonyl (C=O) groups excluding carboxylic acids is 2. The second-order valence-corrected chi connectivity index (χ2v) is 6.35. The zero-order chi connectivity index (χ0) is 17.6. The summed E-state index contributed by atoms with van der Waals surface area (Å²) in [6, 6.07) is 2.90. The van der Waals surface area contributed by atoms with Gasteiger partial charge in [-0.3, -0.25) is 4.79 Å². The quantitative estimate of drug-likeness (QED) is 0.772. The Bertz CT molecular complexity index is 598. The lowest BCUT2D eigenvalue weighted by Crippen LogP contribution is -2.48. The first kappa shape index (κ1) is 17.7. The second-order valence-electron chi connectivity index (χ2n) is 6.35. The molecule has 0 unspecified atom stereocenters. The number of likely N-dealkylation sites (tertiary alicyclic amines) is 1. The number of nitrogens with zero attached hydrogens (tertiary/aromatic N) is 2. The molecule has 3 rings (SSSR count). The van der Waals surface area contributed by atoms with E-state index < -0.39 is 6.04 Å². The molecule has 7 nitrogen and oxygen atoms in total. The van der Waals surface area contributed by atoms with Crippen LogP contribution < -0.4 is 4.74 Å². The van der Waals surface area contributed by atoms with E-state index in [1.165, 1.54) is 13.3 Å². The summed E-state index contributed by atoms with van der Waals surface area (Å²) in [5.41, 5.74) is 0.454. The Morgan fingerprint density at radius 2 is 2.00 bits per heavy atom. The normalized spacial score (nSPS) is 21.6. The van der Waals surface area contributed by atoms with Crippen molar-refractivity contribution in [1.29, 1.82) is 0 Å². The van der Waals surface area contributed by atoms with Crippen molar-refractivity contribution in [3.63, 3.8) is 0 Å². The van der Waals surface area contributed by atoms with Crippen LogP contribution in [0.15, 0.2) is 18.3 Å². The molecule has 0 spiro atoms. The number of ether oxygens (including phenoxy) is 3. The molecule has 1 aromatic heterocycles. The van der Waals surface area contributed by atoms with Crippen molar-refractivity contribution < 1.29 is 23.8 Å². The van der Waals surface area contributed by atoms with Crippen molar-refractivity contribution in [1.82, 2.24) is 9.88 Å². The van der Waals surface area contributed by atoms with Gasteiger partial charge in [-0.25, -0.2) is 9.78 Å². The minimum Gasteiger partial charge on any atom is -0.474 e. The van der Waals surface area contributed by atoms with Crippen molar-refractivity contribution in [2.24, 2.45) is 0 Å². The summed E-state index contributed by atoms with van der Waals surface area (Å²) in [5, 5.41) is 0. The highest BCUT2D eigenvalue weighted by atomic mass is 16.5. The molecular weight excluding hydrogens is 324 g/mol. The van der Waals surface area contributed by atoms with Crippen molar-refractivity contribution >= 4 is 11.9 Å². The number of rotatable bonds is 4. The molecule has 136 valence electrons. The van der Waals surface area contributed by atoms with Crippen LogP contribution in [0.25, 0.3) is 0 Å². The van der Waals surface area contributed by atoms with E-state index in [-0.39, 0.29) is 18.0 Å². The number of carbonyl (C=O) groups is 2. The number of hydrogen-bond donors (Lipinski definition) is 0. The lowest BCUT2D eigenvalue weighted by Gasteiger charge is -2.33. The number of amides is 1. The van der Waals surface area contributed by atoms with Gasteiger partial charge in [0.25, 0.3) is 5.91 Å². The second kappa shape index (κ2) is 8.29. The lowest BCUT2D eigenvalue weighted by molar-refractivity contribution is -0.147. The van der Waals surface area contributed by atoms with Crippen LogP contribution in [0, 0.1) is 0 Å². The number of pyridine rings is 1. The van der Waals surface area contributed by atoms with E-state index in [9.17, 15) is 9.59 Å². The van der Waals surface area contributed by atoms with Gasteiger partial charge in [0.2, 0.25) is 5.88 Å². The molecule has 0 bridgehead atoms. The SMILES string of the molecule is COC(=O)[C@H]1CCCCN1C(=O)c1ccc(OC2CCOCC2)nc1. The first-order valence-electron chi connectivity index (χ1n) is 8.78. The fourth-order valence-electron chi connectivity index (χ4n) is 3.26. The maximum absolute atomic E-state index is 12.8. The highest BCUT2D eigenvalue weighted by Gasteiger charge is 2.33. The van der Waals surface area contributed by atoms with Gasteiger partial charge >= 0.3 is 5.97 Å². The van der Waals surface area contributed by atoms with Gasteiger partial charge in [0.05, 0.1) is 25.9 Å². The Morgan fingerprint density at radius 1 is 1.20 bits per heavy atom. The van der Waals surface area contributed by atoms with E-state index in [1.54, 1.807) is 17.0 Å². The fraction of sp³-hybridized carbons (Fsp3) is 0.611. The zero-order valence-electron chi connectivity index (χ0n) is 14.5. The lowest BCUT2D eigenvalue weighted by atomic mass is 10.0. The van der Waals surface area contributed by atoms with Gasteiger partial charge in [0.15, 0.2) is 0 Å². The molecule has 3 heterocycles. The summed E-state index contributed by atoms with van der Waals surface area (Å²) in [7, 11) is 1.35. The fourth-order valence-corrected chi connectivity index (χ4v) is 3.26. The summed E-state index contributed by atoms with van der Waals surface area (Å²) >= 11 is 0. The molecule has 1 atom stereocenters. The van der Waals surface area contributed by atoms with Gasteiger partial charge in [-0.2, -0.15) is 0 Å². The van der Waals surface area contributed by atoms with Crippen LogP contribution in [0.4, 0.5) is 0 Å². The molecule has 1 aromatic rings. The van der Waals surface area contributed by atoms with E-state index in [0.717, 1.165) is 25.7 Å². The van der Waals surface area contributed by atoms with Gasteiger partial charge in [0, 0.05) is 31.6 Å². The van der Waals surface area contributed by atoms with Crippen LogP contribution in [0.2, 0.25) is 0 Å². The minimum absolute atomic E-state index is 0.105. The van der Waals surface area contributed by atoms with Crippen LogP contribution in [-0.4, -0.2) is 60.8 Å². The predicted molar refractivity (Wildman–Crippen MR) is 89.4 cm³/mol. The van der Waals surface area contributed by atoms with Crippen LogP contribution >= 0.6 is 0 Å². The summed E-state index contributed by atoms with van der Waals surface area (Å²) in [5.74, 6) is -0.0488. The van der Waals surface area contributed by atoms with Crippen molar-refractivity contribution in [3.05, 3.63) is 23.9 Å². The van der Waals surface area contributed by atoms with E-state index in [1.807, 2.05) is 0 Å². The molecule has 2 aliphatic heterocycles.